The summed E-state index contributed by atoms with van der Waals surface area (Å²) in [5, 5.41) is 18.8. The maximum absolute atomic E-state index is 11.3. The molecule has 12 heteroatoms. The fourth-order valence-electron chi connectivity index (χ4n) is 3.97. The lowest BCUT2D eigenvalue weighted by molar-refractivity contribution is 0.0729. The van der Waals surface area contributed by atoms with E-state index in [1.165, 1.54) is 17.7 Å². The molecule has 199 valence electrons. The fourth-order valence-corrected chi connectivity index (χ4v) is 4.50. The van der Waals surface area contributed by atoms with Crippen LogP contribution in [0.25, 0.3) is 11.1 Å². The van der Waals surface area contributed by atoms with Crippen molar-refractivity contribution in [3.63, 3.8) is 0 Å². The van der Waals surface area contributed by atoms with E-state index in [0.717, 1.165) is 16.7 Å². The van der Waals surface area contributed by atoms with Gasteiger partial charge in [-0.1, -0.05) is 30.0 Å². The first-order chi connectivity index (χ1) is 17.9. The van der Waals surface area contributed by atoms with Gasteiger partial charge < -0.3 is 34.0 Å². The van der Waals surface area contributed by atoms with Crippen LogP contribution in [0.1, 0.15) is 29.9 Å². The third-order valence-corrected chi connectivity index (χ3v) is 6.60. The van der Waals surface area contributed by atoms with Crippen LogP contribution in [-0.2, 0) is 19.0 Å². The number of aliphatic hydroxyl groups is 2. The van der Waals surface area contributed by atoms with E-state index in [2.05, 4.69) is 27.1 Å². The molecule has 2 heterocycles. The lowest BCUT2D eigenvalue weighted by Crippen LogP contribution is -2.29. The summed E-state index contributed by atoms with van der Waals surface area (Å²) in [6.07, 6.45) is 1.98. The number of nitrogens with zero attached hydrogens (tertiary/aromatic N) is 2. The number of rotatable bonds is 8. The Morgan fingerprint density at radius 3 is 2.55 bits per heavy atom. The zero-order valence-electron chi connectivity index (χ0n) is 20.8. The van der Waals surface area contributed by atoms with Crippen LogP contribution in [-0.4, -0.2) is 71.8 Å². The number of phosphoric ester groups is 1. The molecule has 3 radical (unpaired) electrons. The molecule has 1 aromatic heterocycles. The van der Waals surface area contributed by atoms with Crippen molar-refractivity contribution in [3.8, 4) is 28.7 Å². The maximum atomic E-state index is 11.3. The number of aryl methyl sites for hydroxylation is 1. The molecule has 1 aliphatic rings. The molecular formula is C26H28N2O8PSi. The van der Waals surface area contributed by atoms with Gasteiger partial charge in [-0.2, -0.15) is 0 Å². The fraction of sp³-hybridized carbons (Fsp3) is 0.346. The van der Waals surface area contributed by atoms with E-state index in [9.17, 15) is 14.8 Å². The van der Waals surface area contributed by atoms with Crippen molar-refractivity contribution in [3.05, 3.63) is 71.8 Å². The Morgan fingerprint density at radius 1 is 1.24 bits per heavy atom. The first-order valence-electron chi connectivity index (χ1n) is 11.8. The molecule has 1 saturated heterocycles. The van der Waals surface area contributed by atoms with Crippen LogP contribution in [0.2, 0.25) is 0 Å². The van der Waals surface area contributed by atoms with Crippen molar-refractivity contribution in [2.24, 2.45) is 0 Å². The van der Waals surface area contributed by atoms with Gasteiger partial charge in [0, 0.05) is 18.0 Å². The molecule has 0 unspecified atom stereocenters. The Morgan fingerprint density at radius 2 is 1.95 bits per heavy atom. The largest absolute Gasteiger partial charge is 0.485 e. The lowest BCUT2D eigenvalue weighted by atomic mass is 10.0. The van der Waals surface area contributed by atoms with Crippen LogP contribution in [0.4, 0.5) is 0 Å². The molecule has 0 bridgehead atoms. The number of hydrogen-bond acceptors (Lipinski definition) is 7. The Bertz CT molecular complexity index is 1370. The highest BCUT2D eigenvalue weighted by atomic mass is 31.2. The van der Waals surface area contributed by atoms with Gasteiger partial charge in [-0.05, 0) is 54.8 Å². The molecule has 1 aliphatic heterocycles. The predicted molar refractivity (Wildman–Crippen MR) is 139 cm³/mol. The first kappa shape index (κ1) is 28.2. The minimum absolute atomic E-state index is 0.205. The quantitative estimate of drug-likeness (QED) is 0.187. The summed E-state index contributed by atoms with van der Waals surface area (Å²) < 4.78 is 28.6. The molecule has 1 fully saturated rings. The molecule has 0 aliphatic carbocycles. The van der Waals surface area contributed by atoms with Gasteiger partial charge in [0.2, 0.25) is 0 Å². The normalized spacial score (nSPS) is 19.9. The molecule has 0 saturated carbocycles. The summed E-state index contributed by atoms with van der Waals surface area (Å²) in [5.74, 6) is 6.86. The summed E-state index contributed by atoms with van der Waals surface area (Å²) in [6, 6.07) is 12.5. The number of ether oxygens (including phenoxy) is 2. The number of aliphatic hydroxyl groups excluding tert-OH is 1. The van der Waals surface area contributed by atoms with Gasteiger partial charge in [0.1, 0.15) is 35.0 Å². The molecule has 38 heavy (non-hydrogen) atoms. The predicted octanol–water partition coefficient (Wildman–Crippen LogP) is 2.03. The van der Waals surface area contributed by atoms with Gasteiger partial charge in [-0.15, -0.1) is 0 Å². The summed E-state index contributed by atoms with van der Waals surface area (Å²) in [6.45, 7) is 3.63. The maximum Gasteiger partial charge on any atom is 0.469 e. The minimum atomic E-state index is -4.74. The van der Waals surface area contributed by atoms with Crippen molar-refractivity contribution >= 4 is 18.1 Å². The van der Waals surface area contributed by atoms with Gasteiger partial charge >= 0.3 is 7.82 Å². The number of phosphoric acid groups is 1. The summed E-state index contributed by atoms with van der Waals surface area (Å²) in [4.78, 5) is 22.5. The molecule has 2 aromatic carbocycles. The van der Waals surface area contributed by atoms with E-state index in [0.29, 0.717) is 17.9 Å². The molecule has 3 aromatic rings. The minimum Gasteiger partial charge on any atom is -0.485 e. The van der Waals surface area contributed by atoms with Crippen LogP contribution in [0.5, 0.6) is 5.75 Å². The van der Waals surface area contributed by atoms with E-state index in [-0.39, 0.29) is 18.5 Å². The topological polar surface area (TPSA) is 144 Å². The van der Waals surface area contributed by atoms with Crippen molar-refractivity contribution in [1.82, 2.24) is 9.55 Å². The second kappa shape index (κ2) is 11.5. The van der Waals surface area contributed by atoms with Crippen LogP contribution in [0.3, 0.4) is 0 Å². The van der Waals surface area contributed by atoms with Crippen molar-refractivity contribution in [2.45, 2.75) is 37.3 Å². The molecular weight excluding hydrogens is 527 g/mol. The van der Waals surface area contributed by atoms with Gasteiger partial charge in [0.25, 0.3) is 0 Å². The average Bonchev–Trinajstić information content (AvgIpc) is 3.49. The molecule has 0 spiro atoms. The van der Waals surface area contributed by atoms with E-state index in [1.54, 1.807) is 6.20 Å². The smallest absolute Gasteiger partial charge is 0.469 e. The number of imidazole rings is 1. The Kier molecular flexibility index (Phi) is 8.57. The average molecular weight is 556 g/mol. The van der Waals surface area contributed by atoms with Gasteiger partial charge in [0.05, 0.1) is 30.1 Å². The van der Waals surface area contributed by atoms with Crippen LogP contribution >= 0.6 is 7.82 Å². The molecule has 0 amide bonds. The first-order valence-corrected chi connectivity index (χ1v) is 13.8. The summed E-state index contributed by atoms with van der Waals surface area (Å²) in [7, 11) is -1.54. The molecule has 4 atom stereocenters. The van der Waals surface area contributed by atoms with E-state index in [4.69, 9.17) is 23.8 Å². The Labute approximate surface area is 223 Å². The zero-order chi connectivity index (χ0) is 27.5. The Hall–Kier alpha value is -2.78. The van der Waals surface area contributed by atoms with E-state index < -0.39 is 31.8 Å². The van der Waals surface area contributed by atoms with E-state index >= 15 is 0 Å². The molecule has 4 rings (SSSR count). The monoisotopic (exact) mass is 555 g/mol. The van der Waals surface area contributed by atoms with Crippen molar-refractivity contribution in [2.75, 3.05) is 19.8 Å². The van der Waals surface area contributed by atoms with E-state index in [1.807, 2.05) is 49.4 Å². The standard InChI is InChI=1S/C26H28N2O8PSi/c1-17-13-20(8-10-23(17)36-24-16-34-15-22(24)29)19-6-3-18(4-7-19)5-9-21(14-35-37(31,32)33)28-12-11-27-25(28)26(2,30)38/h3-4,6-8,10-13,21-22,24,29-30H,14-16H2,1-2H3,(H2,31,32,33)/t21-,22+,24+,26-/m0/s1. The third kappa shape index (κ3) is 7.20. The SMILES string of the molecule is Cc1cc(-c2ccc(C#C[C@@H](COP(=O)(O)O)n3ccnc3[C@@](C)(O)[Si])cc2)ccc1O[C@@H]1COC[C@H]1O. The zero-order valence-corrected chi connectivity index (χ0v) is 22.7. The number of benzene rings is 2. The summed E-state index contributed by atoms with van der Waals surface area (Å²) in [5.41, 5.74) is 3.54. The highest BCUT2D eigenvalue weighted by Crippen LogP contribution is 2.37. The number of aromatic nitrogens is 2. The van der Waals surface area contributed by atoms with Crippen molar-refractivity contribution < 1.29 is 38.6 Å². The second-order valence-corrected chi connectivity index (χ2v) is 11.3. The summed E-state index contributed by atoms with van der Waals surface area (Å²) >= 11 is 0. The third-order valence-electron chi connectivity index (χ3n) is 5.89. The van der Waals surface area contributed by atoms with Crippen LogP contribution in [0, 0.1) is 18.8 Å². The van der Waals surface area contributed by atoms with Gasteiger partial charge in [-0.25, -0.2) is 9.55 Å². The van der Waals surface area contributed by atoms with Crippen molar-refractivity contribution in [1.29, 1.82) is 0 Å². The van der Waals surface area contributed by atoms with Crippen LogP contribution < -0.4 is 4.74 Å². The highest BCUT2D eigenvalue weighted by Gasteiger charge is 2.29. The van der Waals surface area contributed by atoms with Gasteiger partial charge in [0.15, 0.2) is 0 Å². The molecule has 4 N–H and O–H groups in total. The number of hydrogen-bond donors (Lipinski definition) is 4. The molecule has 10 nitrogen and oxygen atoms in total. The highest BCUT2D eigenvalue weighted by molar-refractivity contribution is 7.46. The van der Waals surface area contributed by atoms with Gasteiger partial charge in [-0.3, -0.25) is 4.52 Å². The lowest BCUT2D eigenvalue weighted by Gasteiger charge is -2.22. The Balaban J connectivity index is 1.52. The second-order valence-electron chi connectivity index (χ2n) is 9.12. The van der Waals surface area contributed by atoms with Crippen LogP contribution in [0.15, 0.2) is 54.9 Å².